The second-order valence-electron chi connectivity index (χ2n) is 7.79. The molecule has 0 aromatic heterocycles. The maximum Gasteiger partial charge on any atom is 0.226 e. The lowest BCUT2D eigenvalue weighted by Gasteiger charge is -2.28. The van der Waals surface area contributed by atoms with Crippen LogP contribution in [-0.4, -0.2) is 37.1 Å². The maximum absolute atomic E-state index is 11.5. The van der Waals surface area contributed by atoms with Crippen molar-refractivity contribution in [1.82, 2.24) is 10.6 Å². The normalized spacial score (nSPS) is 10.1. The van der Waals surface area contributed by atoms with Gasteiger partial charge in [-0.25, -0.2) is 0 Å². The van der Waals surface area contributed by atoms with E-state index in [0.29, 0.717) is 18.8 Å². The zero-order chi connectivity index (χ0) is 25.3. The number of nitrogens with one attached hydrogen (secondary N) is 2. The van der Waals surface area contributed by atoms with Crippen molar-refractivity contribution >= 4 is 11.8 Å². The molecular formula is C26H58N2O3. The predicted molar refractivity (Wildman–Crippen MR) is 137 cm³/mol. The molecule has 0 aliphatic carbocycles. The van der Waals surface area contributed by atoms with E-state index >= 15 is 0 Å². The summed E-state index contributed by atoms with van der Waals surface area (Å²) in [4.78, 5) is 22.9. The van der Waals surface area contributed by atoms with Gasteiger partial charge in [0.1, 0.15) is 0 Å². The van der Waals surface area contributed by atoms with E-state index in [2.05, 4.69) is 38.3 Å². The molecule has 0 aliphatic heterocycles. The van der Waals surface area contributed by atoms with Gasteiger partial charge in [-0.1, -0.05) is 82.1 Å². The molecule has 5 nitrogen and oxygen atoms in total. The molecule has 0 unspecified atom stereocenters. The zero-order valence-corrected chi connectivity index (χ0v) is 23.0. The molecule has 0 aromatic rings. The van der Waals surface area contributed by atoms with Gasteiger partial charge in [-0.05, 0) is 43.9 Å². The maximum atomic E-state index is 11.5. The lowest BCUT2D eigenvalue weighted by molar-refractivity contribution is -0.132. The van der Waals surface area contributed by atoms with Gasteiger partial charge in [0.05, 0.1) is 5.41 Å². The van der Waals surface area contributed by atoms with Gasteiger partial charge in [-0.2, -0.15) is 0 Å². The molecule has 0 heterocycles. The van der Waals surface area contributed by atoms with E-state index in [1.807, 2.05) is 41.5 Å². The first-order valence-corrected chi connectivity index (χ1v) is 12.9. The van der Waals surface area contributed by atoms with Crippen molar-refractivity contribution < 1.29 is 14.7 Å². The number of aliphatic hydroxyl groups is 1. The first-order chi connectivity index (χ1) is 14.8. The van der Waals surface area contributed by atoms with Crippen molar-refractivity contribution in [1.29, 1.82) is 0 Å². The summed E-state index contributed by atoms with van der Waals surface area (Å²) in [6.45, 7) is 21.6. The molecule has 0 rings (SSSR count). The number of hydrogen-bond donors (Lipinski definition) is 3. The van der Waals surface area contributed by atoms with E-state index in [-0.39, 0.29) is 23.8 Å². The Morgan fingerprint density at radius 1 is 0.903 bits per heavy atom. The van der Waals surface area contributed by atoms with Crippen LogP contribution in [0, 0.1) is 17.3 Å². The van der Waals surface area contributed by atoms with Crippen molar-refractivity contribution in [3.63, 3.8) is 0 Å². The lowest BCUT2D eigenvalue weighted by Crippen LogP contribution is -2.39. The highest BCUT2D eigenvalue weighted by molar-refractivity contribution is 5.82. The Balaban J connectivity index is -0.000000206. The minimum absolute atomic E-state index is 0.0431. The molecule has 190 valence electrons. The number of carbonyl (C=O) groups excluding carboxylic acids is 2. The summed E-state index contributed by atoms with van der Waals surface area (Å²) in [6.07, 6.45) is 7.36. The van der Waals surface area contributed by atoms with Crippen molar-refractivity contribution in [2.75, 3.05) is 20.2 Å². The van der Waals surface area contributed by atoms with Crippen LogP contribution in [0.3, 0.4) is 0 Å². The third kappa shape index (κ3) is 20.6. The second kappa shape index (κ2) is 26.9. The predicted octanol–water partition coefficient (Wildman–Crippen LogP) is 6.34. The molecule has 0 radical (unpaired) electrons. The fraction of sp³-hybridized carbons (Fsp3) is 0.923. The molecule has 0 atom stereocenters. The SMILES string of the molecule is CC.CC.CCC(CC)(CCO)C(=O)NC.CCC(CC)CCNC(=O)CCC(C)C. The van der Waals surface area contributed by atoms with Gasteiger partial charge in [-0.3, -0.25) is 9.59 Å². The summed E-state index contributed by atoms with van der Waals surface area (Å²) in [5.74, 6) is 1.65. The highest BCUT2D eigenvalue weighted by Crippen LogP contribution is 2.30. The molecule has 0 aliphatic rings. The molecule has 5 heteroatoms. The minimum Gasteiger partial charge on any atom is -0.396 e. The van der Waals surface area contributed by atoms with Crippen LogP contribution in [0.2, 0.25) is 0 Å². The van der Waals surface area contributed by atoms with Crippen LogP contribution in [0.5, 0.6) is 0 Å². The van der Waals surface area contributed by atoms with Crippen LogP contribution in [0.4, 0.5) is 0 Å². The van der Waals surface area contributed by atoms with E-state index in [1.165, 1.54) is 12.8 Å². The van der Waals surface area contributed by atoms with E-state index < -0.39 is 0 Å². The molecule has 0 saturated heterocycles. The van der Waals surface area contributed by atoms with E-state index in [0.717, 1.165) is 38.1 Å². The monoisotopic (exact) mass is 446 g/mol. The summed E-state index contributed by atoms with van der Waals surface area (Å²) < 4.78 is 0. The third-order valence-electron chi connectivity index (χ3n) is 5.63. The smallest absolute Gasteiger partial charge is 0.226 e. The molecule has 0 saturated carbocycles. The van der Waals surface area contributed by atoms with Gasteiger partial charge in [0.25, 0.3) is 0 Å². The number of aliphatic hydroxyl groups excluding tert-OH is 1. The van der Waals surface area contributed by atoms with Gasteiger partial charge >= 0.3 is 0 Å². The number of rotatable bonds is 13. The average Bonchev–Trinajstić information content (AvgIpc) is 2.81. The molecule has 0 fully saturated rings. The van der Waals surface area contributed by atoms with Gasteiger partial charge in [-0.15, -0.1) is 0 Å². The summed E-state index contributed by atoms with van der Waals surface area (Å²) in [5, 5.41) is 14.5. The van der Waals surface area contributed by atoms with Crippen molar-refractivity contribution in [2.45, 2.75) is 121 Å². The number of hydrogen-bond acceptors (Lipinski definition) is 3. The number of carbonyl (C=O) groups is 2. The Morgan fingerprint density at radius 3 is 1.71 bits per heavy atom. The molecule has 2 amide bonds. The molecule has 0 bridgehead atoms. The van der Waals surface area contributed by atoms with E-state index in [4.69, 9.17) is 5.11 Å². The Morgan fingerprint density at radius 2 is 1.39 bits per heavy atom. The minimum atomic E-state index is -0.358. The zero-order valence-electron chi connectivity index (χ0n) is 23.0. The van der Waals surface area contributed by atoms with Gasteiger partial charge < -0.3 is 15.7 Å². The fourth-order valence-electron chi connectivity index (χ4n) is 3.14. The van der Waals surface area contributed by atoms with E-state index in [1.54, 1.807) is 7.05 Å². The third-order valence-corrected chi connectivity index (χ3v) is 5.63. The quantitative estimate of drug-likeness (QED) is 0.309. The average molecular weight is 447 g/mol. The largest absolute Gasteiger partial charge is 0.396 e. The first kappa shape index (κ1) is 37.2. The van der Waals surface area contributed by atoms with Crippen LogP contribution in [0.25, 0.3) is 0 Å². The summed E-state index contributed by atoms with van der Waals surface area (Å²) in [7, 11) is 1.64. The second-order valence-corrected chi connectivity index (χ2v) is 7.79. The summed E-state index contributed by atoms with van der Waals surface area (Å²) in [6, 6.07) is 0. The molecule has 0 spiro atoms. The number of amides is 2. The molecule has 31 heavy (non-hydrogen) atoms. The fourth-order valence-corrected chi connectivity index (χ4v) is 3.14. The summed E-state index contributed by atoms with van der Waals surface area (Å²) >= 11 is 0. The Hall–Kier alpha value is -1.10. The standard InChI is InChI=1S/C13H27NO.C9H19NO2.2C2H6/c1-5-12(6-2)9-10-14-13(15)8-7-11(3)4;1-4-9(5-2,6-7-11)8(12)10-3;2*1-2/h11-12H,5-10H2,1-4H3,(H,14,15);11H,4-7H2,1-3H3,(H,10,12);2*1-2H3. The topological polar surface area (TPSA) is 78.4 Å². The molecule has 3 N–H and O–H groups in total. The van der Waals surface area contributed by atoms with Crippen molar-refractivity contribution in [3.8, 4) is 0 Å². The highest BCUT2D eigenvalue weighted by atomic mass is 16.3. The van der Waals surface area contributed by atoms with Gasteiger partial charge in [0.15, 0.2) is 0 Å². The first-order valence-electron chi connectivity index (χ1n) is 12.9. The van der Waals surface area contributed by atoms with Crippen LogP contribution in [-0.2, 0) is 9.59 Å². The van der Waals surface area contributed by atoms with Gasteiger partial charge in [0.2, 0.25) is 11.8 Å². The molecule has 0 aromatic carbocycles. The lowest BCUT2D eigenvalue weighted by atomic mass is 9.78. The van der Waals surface area contributed by atoms with Crippen LogP contribution in [0.15, 0.2) is 0 Å². The Kier molecular flexibility index (Phi) is 32.3. The van der Waals surface area contributed by atoms with Crippen LogP contribution < -0.4 is 10.6 Å². The molecular weight excluding hydrogens is 388 g/mol. The van der Waals surface area contributed by atoms with E-state index in [9.17, 15) is 9.59 Å². The summed E-state index contributed by atoms with van der Waals surface area (Å²) in [5.41, 5.74) is -0.358. The Labute approximate surface area is 195 Å². The van der Waals surface area contributed by atoms with Crippen molar-refractivity contribution in [2.24, 2.45) is 17.3 Å². The van der Waals surface area contributed by atoms with Crippen molar-refractivity contribution in [3.05, 3.63) is 0 Å². The van der Waals surface area contributed by atoms with Crippen LogP contribution in [0.1, 0.15) is 121 Å². The van der Waals surface area contributed by atoms with Crippen LogP contribution >= 0.6 is 0 Å². The van der Waals surface area contributed by atoms with Gasteiger partial charge in [0, 0.05) is 26.6 Å². The Bertz CT molecular complexity index is 377. The highest BCUT2D eigenvalue weighted by Gasteiger charge is 2.33.